The molecule has 0 radical (unpaired) electrons. The average Bonchev–Trinajstić information content (AvgIpc) is 4.14. The van der Waals surface area contributed by atoms with Gasteiger partial charge in [0, 0.05) is 0 Å². The first-order chi connectivity index (χ1) is 38.3. The molecule has 12 nitrogen and oxygen atoms in total. The van der Waals surface area contributed by atoms with Crippen molar-refractivity contribution in [3.8, 4) is 0 Å². The van der Waals surface area contributed by atoms with Crippen LogP contribution < -0.4 is 19.6 Å². The van der Waals surface area contributed by atoms with Crippen LogP contribution in [0.5, 0.6) is 0 Å². The van der Waals surface area contributed by atoms with Crippen LogP contribution in [0.3, 0.4) is 0 Å². The van der Waals surface area contributed by atoms with Crippen molar-refractivity contribution >= 4 is 162 Å². The number of hydrogen-bond acceptors (Lipinski definition) is 8. The number of rotatable bonds is 8. The van der Waals surface area contributed by atoms with Crippen molar-refractivity contribution in [1.29, 1.82) is 0 Å². The molecule has 0 unspecified atom stereocenters. The molecule has 0 saturated heterocycles. The Morgan fingerprint density at radius 2 is 0.425 bits per heavy atom. The Bertz CT molecular complexity index is 3410. The molecule has 20 heteroatoms. The lowest BCUT2D eigenvalue weighted by Crippen LogP contribution is -2.29. The van der Waals surface area contributed by atoms with Crippen molar-refractivity contribution in [1.82, 2.24) is 0 Å². The van der Waals surface area contributed by atoms with Crippen LogP contribution in [0.2, 0.25) is 40.2 Å². The van der Waals surface area contributed by atoms with Crippen LogP contribution in [0, 0.1) is 0 Å². The largest absolute Gasteiger partial charge is 0.300 e. The Hall–Kier alpha value is -7.36. The van der Waals surface area contributed by atoms with Gasteiger partial charge in [-0.25, -0.2) is 0 Å². The number of anilines is 4. The maximum Gasteiger partial charge on any atom is 0.299 e. The molecule has 80 heavy (non-hydrogen) atoms. The fraction of sp³-hybridized carbons (Fsp3) is 0.0667. The Morgan fingerprint density at radius 3 is 0.613 bits per heavy atom. The standard InChI is InChI=1S/4C15H9Cl2NO2/c4*16-11-6-5-9(7-12(11)17)8-18-13-4-2-1-3-10(13)14(19)15(18)20/h4*1-7H,8H2. The Kier molecular flexibility index (Phi) is 17.6. The van der Waals surface area contributed by atoms with E-state index in [1.165, 1.54) is 19.6 Å². The first kappa shape index (κ1) is 57.3. The van der Waals surface area contributed by atoms with E-state index in [-0.39, 0.29) is 0 Å². The summed E-state index contributed by atoms with van der Waals surface area (Å²) < 4.78 is 0. The van der Waals surface area contributed by atoms with Crippen LogP contribution in [-0.2, 0) is 45.4 Å². The summed E-state index contributed by atoms with van der Waals surface area (Å²) in [5, 5.41) is 3.54. The van der Waals surface area contributed by atoms with Crippen molar-refractivity contribution in [2.45, 2.75) is 26.2 Å². The van der Waals surface area contributed by atoms with Gasteiger partial charge in [0.15, 0.2) is 0 Å². The van der Waals surface area contributed by atoms with Crippen LogP contribution in [0.15, 0.2) is 170 Å². The van der Waals surface area contributed by atoms with E-state index in [9.17, 15) is 38.4 Å². The van der Waals surface area contributed by atoms with Crippen LogP contribution in [-0.4, -0.2) is 46.8 Å². The van der Waals surface area contributed by atoms with E-state index < -0.39 is 46.8 Å². The Morgan fingerprint density at radius 1 is 0.237 bits per heavy atom. The number of carbonyl (C=O) groups excluding carboxylic acids is 8. The van der Waals surface area contributed by atoms with Crippen LogP contribution >= 0.6 is 92.8 Å². The molecule has 4 aliphatic rings. The van der Waals surface area contributed by atoms with Crippen molar-refractivity contribution in [2.24, 2.45) is 0 Å². The number of hydrogen-bond donors (Lipinski definition) is 0. The molecule has 4 heterocycles. The molecule has 0 fully saturated rings. The molecule has 12 rings (SSSR count). The maximum absolute atomic E-state index is 12.0. The molecule has 0 atom stereocenters. The monoisotopic (exact) mass is 1220 g/mol. The molecular weight excluding hydrogens is 1190 g/mol. The van der Waals surface area contributed by atoms with Crippen LogP contribution in [0.25, 0.3) is 0 Å². The summed E-state index contributed by atoms with van der Waals surface area (Å²) in [5.74, 6) is -3.95. The summed E-state index contributed by atoms with van der Waals surface area (Å²) in [6, 6.07) is 48.5. The molecule has 0 aromatic heterocycles. The zero-order valence-corrected chi connectivity index (χ0v) is 47.1. The minimum Gasteiger partial charge on any atom is -0.300 e. The topological polar surface area (TPSA) is 150 Å². The molecule has 0 N–H and O–H groups in total. The van der Waals surface area contributed by atoms with Gasteiger partial charge in [-0.3, -0.25) is 38.4 Å². The number of nitrogens with zero attached hydrogens (tertiary/aromatic N) is 4. The van der Waals surface area contributed by atoms with Gasteiger partial charge in [0.1, 0.15) is 0 Å². The molecule has 8 aromatic carbocycles. The third-order valence-corrected chi connectivity index (χ3v) is 15.8. The second-order valence-electron chi connectivity index (χ2n) is 17.9. The number of carbonyl (C=O) groups is 8. The third kappa shape index (κ3) is 12.0. The molecular formula is C60H36Cl8N4O8. The number of ketones is 4. The van der Waals surface area contributed by atoms with Crippen molar-refractivity contribution < 1.29 is 38.4 Å². The summed E-state index contributed by atoms with van der Waals surface area (Å²) in [6.45, 7) is 1.16. The summed E-state index contributed by atoms with van der Waals surface area (Å²) in [4.78, 5) is 101. The lowest BCUT2D eigenvalue weighted by molar-refractivity contribution is -0.115. The van der Waals surface area contributed by atoms with Gasteiger partial charge in [0.2, 0.25) is 0 Å². The van der Waals surface area contributed by atoms with Gasteiger partial charge in [0.05, 0.1) is 111 Å². The van der Waals surface area contributed by atoms with E-state index in [1.54, 1.807) is 170 Å². The summed E-state index contributed by atoms with van der Waals surface area (Å²) >= 11 is 47.3. The second kappa shape index (κ2) is 24.6. The van der Waals surface area contributed by atoms with Crippen molar-refractivity contribution in [3.05, 3.63) is 255 Å². The zero-order valence-electron chi connectivity index (χ0n) is 41.1. The van der Waals surface area contributed by atoms with Gasteiger partial charge in [-0.15, -0.1) is 0 Å². The summed E-state index contributed by atoms with van der Waals surface area (Å²) in [6.07, 6.45) is 0. The van der Waals surface area contributed by atoms with E-state index in [0.717, 1.165) is 22.3 Å². The smallest absolute Gasteiger partial charge is 0.299 e. The van der Waals surface area contributed by atoms with Gasteiger partial charge < -0.3 is 19.6 Å². The minimum atomic E-state index is -0.516. The fourth-order valence-electron chi connectivity index (χ4n) is 8.90. The van der Waals surface area contributed by atoms with Crippen LogP contribution in [0.4, 0.5) is 22.7 Å². The van der Waals surface area contributed by atoms with Crippen LogP contribution in [0.1, 0.15) is 63.7 Å². The number of para-hydroxylation sites is 4. The van der Waals surface area contributed by atoms with E-state index in [4.69, 9.17) is 92.8 Å². The highest BCUT2D eigenvalue weighted by Crippen LogP contribution is 2.36. The van der Waals surface area contributed by atoms with Gasteiger partial charge >= 0.3 is 0 Å². The highest BCUT2D eigenvalue weighted by molar-refractivity contribution is 6.54. The number of fused-ring (bicyclic) bond motifs is 4. The molecule has 4 aliphatic heterocycles. The number of benzene rings is 8. The van der Waals surface area contributed by atoms with Crippen molar-refractivity contribution in [2.75, 3.05) is 19.6 Å². The molecule has 4 amide bonds. The normalized spacial score (nSPS) is 13.8. The van der Waals surface area contributed by atoms with E-state index in [1.807, 2.05) is 0 Å². The molecule has 0 saturated carbocycles. The third-order valence-electron chi connectivity index (χ3n) is 12.8. The van der Waals surface area contributed by atoms with Gasteiger partial charge in [-0.1, -0.05) is 166 Å². The molecule has 0 aliphatic carbocycles. The minimum absolute atomic E-state index is 0.290. The lowest BCUT2D eigenvalue weighted by atomic mass is 10.1. The lowest BCUT2D eigenvalue weighted by Gasteiger charge is -2.16. The van der Waals surface area contributed by atoms with E-state index in [2.05, 4.69) is 0 Å². The zero-order chi connectivity index (χ0) is 57.1. The quantitative estimate of drug-likeness (QED) is 0.137. The molecule has 0 bridgehead atoms. The summed E-state index contributed by atoms with van der Waals surface area (Å²) in [7, 11) is 0. The number of amides is 4. The van der Waals surface area contributed by atoms with Gasteiger partial charge in [0.25, 0.3) is 46.8 Å². The van der Waals surface area contributed by atoms with Gasteiger partial charge in [-0.05, 0) is 119 Å². The Labute approximate surface area is 497 Å². The first-order valence-corrected chi connectivity index (χ1v) is 26.9. The highest BCUT2D eigenvalue weighted by atomic mass is 35.5. The first-order valence-electron chi connectivity index (χ1n) is 23.9. The number of Topliss-reactive ketones (excluding diaryl/α,β-unsaturated/α-hetero) is 4. The summed E-state index contributed by atoms with van der Waals surface area (Å²) in [5.41, 5.74) is 7.57. The molecule has 400 valence electrons. The highest BCUT2D eigenvalue weighted by Gasteiger charge is 2.38. The van der Waals surface area contributed by atoms with E-state index >= 15 is 0 Å². The predicted molar refractivity (Wildman–Crippen MR) is 314 cm³/mol. The van der Waals surface area contributed by atoms with E-state index in [0.29, 0.717) is 111 Å². The maximum atomic E-state index is 12.0. The van der Waals surface area contributed by atoms with Gasteiger partial charge in [-0.2, -0.15) is 0 Å². The van der Waals surface area contributed by atoms with Crippen molar-refractivity contribution in [3.63, 3.8) is 0 Å². The SMILES string of the molecule is O=C1C(=O)N(Cc2ccc(Cl)c(Cl)c2)c2ccccc21.O=C1C(=O)N(Cc2ccc(Cl)c(Cl)c2)c2ccccc21.O=C1C(=O)N(Cc2ccc(Cl)c(Cl)c2)c2ccccc21.O=C1C(=O)N(Cc2ccc(Cl)c(Cl)c2)c2ccccc21. The number of halogens is 8. The Balaban J connectivity index is 0.000000129. The second-order valence-corrected chi connectivity index (χ2v) is 21.2. The predicted octanol–water partition coefficient (Wildman–Crippen LogP) is 14.9. The average molecular weight is 1220 g/mol. The molecule has 8 aromatic rings. The molecule has 0 spiro atoms. The fourth-order valence-corrected chi connectivity index (χ4v) is 10.2.